The van der Waals surface area contributed by atoms with Crippen molar-refractivity contribution in [2.45, 2.75) is 31.9 Å². The van der Waals surface area contributed by atoms with Crippen LogP contribution in [0.25, 0.3) is 0 Å². The molecule has 1 aromatic heterocycles. The third-order valence-electron chi connectivity index (χ3n) is 4.15. The van der Waals surface area contributed by atoms with Crippen LogP contribution in [0.1, 0.15) is 24.0 Å². The maximum absolute atomic E-state index is 12.8. The molecule has 4 heteroatoms. The number of pyridine rings is 1. The first-order valence-corrected chi connectivity index (χ1v) is 8.16. The second kappa shape index (κ2) is 7.88. The average Bonchev–Trinajstić information content (AvgIpc) is 3.14. The summed E-state index contributed by atoms with van der Waals surface area (Å²) in [4.78, 5) is 18.7. The van der Waals surface area contributed by atoms with Crippen LogP contribution in [0.2, 0.25) is 0 Å². The lowest BCUT2D eigenvalue weighted by atomic mass is 10.1. The molecule has 1 fully saturated rings. The molecule has 3 rings (SSSR count). The van der Waals surface area contributed by atoms with Crippen molar-refractivity contribution in [1.29, 1.82) is 0 Å². The second-order valence-electron chi connectivity index (χ2n) is 5.85. The summed E-state index contributed by atoms with van der Waals surface area (Å²) in [5, 5.41) is 0. The fourth-order valence-electron chi connectivity index (χ4n) is 2.86. The molecule has 1 amide bonds. The molecule has 1 saturated heterocycles. The summed E-state index contributed by atoms with van der Waals surface area (Å²) in [6, 6.07) is 14.2. The lowest BCUT2D eigenvalue weighted by Gasteiger charge is -2.25. The van der Waals surface area contributed by atoms with E-state index in [0.717, 1.165) is 24.8 Å². The van der Waals surface area contributed by atoms with Gasteiger partial charge < -0.3 is 9.64 Å². The van der Waals surface area contributed by atoms with Crippen LogP contribution in [0, 0.1) is 0 Å². The fourth-order valence-corrected chi connectivity index (χ4v) is 2.86. The Balaban J connectivity index is 1.68. The van der Waals surface area contributed by atoms with Gasteiger partial charge in [0.2, 0.25) is 0 Å². The summed E-state index contributed by atoms with van der Waals surface area (Å²) in [6.07, 6.45) is 5.91. The zero-order chi connectivity index (χ0) is 15.9. The van der Waals surface area contributed by atoms with E-state index in [1.165, 1.54) is 5.56 Å². The van der Waals surface area contributed by atoms with Gasteiger partial charge in [-0.3, -0.25) is 9.78 Å². The molecule has 4 nitrogen and oxygen atoms in total. The van der Waals surface area contributed by atoms with Gasteiger partial charge in [0, 0.05) is 32.1 Å². The van der Waals surface area contributed by atoms with Crippen LogP contribution in [-0.2, 0) is 22.5 Å². The van der Waals surface area contributed by atoms with E-state index in [0.29, 0.717) is 19.7 Å². The number of carbonyl (C=O) groups excluding carboxylic acids is 1. The van der Waals surface area contributed by atoms with Crippen molar-refractivity contribution in [3.63, 3.8) is 0 Å². The van der Waals surface area contributed by atoms with Crippen molar-refractivity contribution in [3.05, 3.63) is 66.0 Å². The van der Waals surface area contributed by atoms with Gasteiger partial charge in [0.15, 0.2) is 0 Å². The van der Waals surface area contributed by atoms with Crippen molar-refractivity contribution in [1.82, 2.24) is 9.88 Å². The van der Waals surface area contributed by atoms with Crippen LogP contribution in [0.15, 0.2) is 54.9 Å². The number of benzene rings is 1. The number of ether oxygens (including phenoxy) is 1. The Morgan fingerprint density at radius 1 is 1.13 bits per heavy atom. The molecule has 1 atom stereocenters. The molecule has 0 spiro atoms. The van der Waals surface area contributed by atoms with Gasteiger partial charge in [-0.25, -0.2) is 0 Å². The number of aromatic nitrogens is 1. The summed E-state index contributed by atoms with van der Waals surface area (Å²) in [5.74, 6) is 0.107. The number of rotatable bonds is 6. The second-order valence-corrected chi connectivity index (χ2v) is 5.85. The number of hydrogen-bond donors (Lipinski definition) is 0. The molecule has 0 bridgehead atoms. The van der Waals surface area contributed by atoms with Gasteiger partial charge in [-0.1, -0.05) is 30.3 Å². The number of amides is 1. The third-order valence-corrected chi connectivity index (χ3v) is 4.15. The maximum atomic E-state index is 12.8. The summed E-state index contributed by atoms with van der Waals surface area (Å²) in [7, 11) is 0. The molecule has 120 valence electrons. The van der Waals surface area contributed by atoms with Gasteiger partial charge >= 0.3 is 0 Å². The highest BCUT2D eigenvalue weighted by atomic mass is 16.5. The Labute approximate surface area is 137 Å². The average molecular weight is 310 g/mol. The Bertz CT molecular complexity index is 610. The summed E-state index contributed by atoms with van der Waals surface area (Å²) >= 11 is 0. The van der Waals surface area contributed by atoms with E-state index in [2.05, 4.69) is 17.1 Å². The SMILES string of the molecule is O=C([C@H]1CCCO1)N(CCc1ccccc1)Cc1ccncc1. The lowest BCUT2D eigenvalue weighted by molar-refractivity contribution is -0.141. The summed E-state index contributed by atoms with van der Waals surface area (Å²) < 4.78 is 5.58. The minimum atomic E-state index is -0.271. The zero-order valence-corrected chi connectivity index (χ0v) is 13.2. The minimum Gasteiger partial charge on any atom is -0.368 e. The Hall–Kier alpha value is -2.20. The molecule has 0 aliphatic carbocycles. The quantitative estimate of drug-likeness (QED) is 0.824. The smallest absolute Gasteiger partial charge is 0.252 e. The van der Waals surface area contributed by atoms with Gasteiger partial charge in [0.25, 0.3) is 5.91 Å². The molecule has 0 saturated carbocycles. The van der Waals surface area contributed by atoms with Gasteiger partial charge in [-0.2, -0.15) is 0 Å². The highest BCUT2D eigenvalue weighted by Crippen LogP contribution is 2.17. The zero-order valence-electron chi connectivity index (χ0n) is 13.2. The molecule has 0 radical (unpaired) electrons. The van der Waals surface area contributed by atoms with Crippen molar-refractivity contribution >= 4 is 5.91 Å². The van der Waals surface area contributed by atoms with Crippen LogP contribution < -0.4 is 0 Å². The van der Waals surface area contributed by atoms with Crippen LogP contribution in [-0.4, -0.2) is 35.0 Å². The lowest BCUT2D eigenvalue weighted by Crippen LogP contribution is -2.39. The van der Waals surface area contributed by atoms with E-state index in [9.17, 15) is 4.79 Å². The largest absolute Gasteiger partial charge is 0.368 e. The highest BCUT2D eigenvalue weighted by Gasteiger charge is 2.28. The standard InChI is InChI=1S/C19H22N2O2/c22-19(18-7-4-14-23-18)21(15-17-8-11-20-12-9-17)13-10-16-5-2-1-3-6-16/h1-3,5-6,8-9,11-12,18H,4,7,10,13-15H2/t18-/m1/s1. The number of hydrogen-bond acceptors (Lipinski definition) is 3. The highest BCUT2D eigenvalue weighted by molar-refractivity contribution is 5.81. The number of nitrogens with zero attached hydrogens (tertiary/aromatic N) is 2. The van der Waals surface area contributed by atoms with E-state index < -0.39 is 0 Å². The van der Waals surface area contributed by atoms with Gasteiger partial charge in [0.1, 0.15) is 6.10 Å². The van der Waals surface area contributed by atoms with Gasteiger partial charge in [0.05, 0.1) is 0 Å². The topological polar surface area (TPSA) is 42.4 Å². The molecular formula is C19H22N2O2. The first kappa shape index (κ1) is 15.7. The molecule has 23 heavy (non-hydrogen) atoms. The van der Waals surface area contributed by atoms with Crippen LogP contribution in [0.3, 0.4) is 0 Å². The molecule has 1 aliphatic heterocycles. The Morgan fingerprint density at radius 2 is 1.91 bits per heavy atom. The van der Waals surface area contributed by atoms with E-state index in [1.54, 1.807) is 12.4 Å². The summed E-state index contributed by atoms with van der Waals surface area (Å²) in [6.45, 7) is 2.00. The monoisotopic (exact) mass is 310 g/mol. The van der Waals surface area contributed by atoms with E-state index >= 15 is 0 Å². The normalized spacial score (nSPS) is 17.1. The molecule has 2 aromatic rings. The fraction of sp³-hybridized carbons (Fsp3) is 0.368. The molecule has 2 heterocycles. The molecular weight excluding hydrogens is 288 g/mol. The number of carbonyl (C=O) groups is 1. The van der Waals surface area contributed by atoms with E-state index in [-0.39, 0.29) is 12.0 Å². The van der Waals surface area contributed by atoms with E-state index in [1.807, 2.05) is 35.2 Å². The maximum Gasteiger partial charge on any atom is 0.252 e. The van der Waals surface area contributed by atoms with Crippen LogP contribution in [0.4, 0.5) is 0 Å². The molecule has 1 aliphatic rings. The molecule has 1 aromatic carbocycles. The van der Waals surface area contributed by atoms with Crippen molar-refractivity contribution in [2.24, 2.45) is 0 Å². The minimum absolute atomic E-state index is 0.107. The van der Waals surface area contributed by atoms with Gasteiger partial charge in [-0.15, -0.1) is 0 Å². The van der Waals surface area contributed by atoms with Gasteiger partial charge in [-0.05, 0) is 42.5 Å². The Morgan fingerprint density at radius 3 is 2.61 bits per heavy atom. The molecule has 0 unspecified atom stereocenters. The first-order chi connectivity index (χ1) is 11.3. The summed E-state index contributed by atoms with van der Waals surface area (Å²) in [5.41, 5.74) is 2.34. The predicted molar refractivity (Wildman–Crippen MR) is 88.8 cm³/mol. The van der Waals surface area contributed by atoms with E-state index in [4.69, 9.17) is 4.74 Å². The van der Waals surface area contributed by atoms with Crippen LogP contribution in [0.5, 0.6) is 0 Å². The van der Waals surface area contributed by atoms with Crippen LogP contribution >= 0.6 is 0 Å². The Kier molecular flexibility index (Phi) is 5.37. The van der Waals surface area contributed by atoms with Crippen molar-refractivity contribution < 1.29 is 9.53 Å². The molecule has 0 N–H and O–H groups in total. The predicted octanol–water partition coefficient (Wildman–Crippen LogP) is 2.83. The first-order valence-electron chi connectivity index (χ1n) is 8.16. The van der Waals surface area contributed by atoms with Crippen molar-refractivity contribution in [3.8, 4) is 0 Å². The third kappa shape index (κ3) is 4.39. The van der Waals surface area contributed by atoms with Crippen molar-refractivity contribution in [2.75, 3.05) is 13.2 Å².